The van der Waals surface area contributed by atoms with E-state index >= 15 is 0 Å². The topological polar surface area (TPSA) is 64.3 Å². The molecular weight excluding hydrogens is 296 g/mol. The maximum absolute atomic E-state index is 12.1. The second-order valence-corrected chi connectivity index (χ2v) is 4.75. The van der Waals surface area contributed by atoms with Crippen molar-refractivity contribution in [2.24, 2.45) is 5.73 Å². The fraction of sp³-hybridized carbons (Fsp3) is 0. The van der Waals surface area contributed by atoms with Crippen LogP contribution in [0.3, 0.4) is 0 Å². The predicted octanol–water partition coefficient (Wildman–Crippen LogP) is 3.21. The number of anilines is 1. The molecule has 0 aliphatic rings. The zero-order valence-corrected chi connectivity index (χ0v) is 11.9. The van der Waals surface area contributed by atoms with Gasteiger partial charge in [-0.25, -0.2) is 4.79 Å². The van der Waals surface area contributed by atoms with Crippen molar-refractivity contribution >= 4 is 40.6 Å². The van der Waals surface area contributed by atoms with Gasteiger partial charge in [-0.2, -0.15) is 0 Å². The Morgan fingerprint density at radius 1 is 1.15 bits per heavy atom. The molecule has 0 radical (unpaired) electrons. The normalized spacial score (nSPS) is 9.85. The number of nitrogens with one attached hydrogen (secondary N) is 1. The summed E-state index contributed by atoms with van der Waals surface area (Å²) in [5.41, 5.74) is 6.26. The van der Waals surface area contributed by atoms with Gasteiger partial charge in [0.2, 0.25) is 0 Å². The van der Waals surface area contributed by atoms with Crippen LogP contribution in [0.1, 0.15) is 10.4 Å². The summed E-state index contributed by atoms with van der Waals surface area (Å²) in [5, 5.41) is 3.39. The van der Waals surface area contributed by atoms with Gasteiger partial charge >= 0.3 is 5.97 Å². The Balaban J connectivity index is 2.20. The molecule has 0 aromatic heterocycles. The molecule has 2 aromatic rings. The van der Waals surface area contributed by atoms with Gasteiger partial charge in [0, 0.05) is 5.02 Å². The molecule has 0 heterocycles. The second-order valence-electron chi connectivity index (χ2n) is 3.88. The number of benzene rings is 2. The van der Waals surface area contributed by atoms with Crippen LogP contribution in [0.15, 0.2) is 48.5 Å². The van der Waals surface area contributed by atoms with Gasteiger partial charge < -0.3 is 15.8 Å². The molecule has 3 N–H and O–H groups in total. The van der Waals surface area contributed by atoms with Crippen molar-refractivity contribution in [1.82, 2.24) is 0 Å². The van der Waals surface area contributed by atoms with E-state index in [0.29, 0.717) is 22.0 Å². The third kappa shape index (κ3) is 3.69. The first-order valence-corrected chi connectivity index (χ1v) is 6.48. The summed E-state index contributed by atoms with van der Waals surface area (Å²) < 4.78 is 5.26. The van der Waals surface area contributed by atoms with Gasteiger partial charge in [-0.05, 0) is 48.6 Å². The van der Waals surface area contributed by atoms with E-state index in [1.807, 2.05) is 0 Å². The Morgan fingerprint density at radius 2 is 1.80 bits per heavy atom. The van der Waals surface area contributed by atoms with E-state index in [2.05, 4.69) is 5.32 Å². The number of nitrogens with two attached hydrogens (primary N) is 1. The lowest BCUT2D eigenvalue weighted by molar-refractivity contribution is 0.0736. The standard InChI is InChI=1S/C14H11ClN2O2S/c15-9-5-7-10(8-6-9)19-13(18)11-3-1-2-4-12(11)17-14(16)20/h1-8H,(H3,16,17,20). The Hall–Kier alpha value is -2.11. The maximum Gasteiger partial charge on any atom is 0.345 e. The number of esters is 1. The fourth-order valence-electron chi connectivity index (χ4n) is 1.57. The number of halogens is 1. The SMILES string of the molecule is NC(=S)Nc1ccccc1C(=O)Oc1ccc(Cl)cc1. The number of hydrogen-bond donors (Lipinski definition) is 2. The van der Waals surface area contributed by atoms with Gasteiger partial charge in [-0.15, -0.1) is 0 Å². The van der Waals surface area contributed by atoms with Gasteiger partial charge in [0.15, 0.2) is 5.11 Å². The smallest absolute Gasteiger partial charge is 0.345 e. The van der Waals surface area contributed by atoms with Crippen LogP contribution in [0, 0.1) is 0 Å². The average Bonchev–Trinajstić information content (AvgIpc) is 2.41. The van der Waals surface area contributed by atoms with E-state index in [0.717, 1.165) is 0 Å². The Morgan fingerprint density at radius 3 is 2.45 bits per heavy atom. The minimum atomic E-state index is -0.508. The van der Waals surface area contributed by atoms with Crippen LogP contribution in [0.4, 0.5) is 5.69 Å². The van der Waals surface area contributed by atoms with Gasteiger partial charge in [0.25, 0.3) is 0 Å². The summed E-state index contributed by atoms with van der Waals surface area (Å²) >= 11 is 10.5. The average molecular weight is 307 g/mol. The number of carbonyl (C=O) groups excluding carboxylic acids is 1. The molecule has 0 unspecified atom stereocenters. The number of hydrogen-bond acceptors (Lipinski definition) is 3. The molecule has 0 amide bonds. The minimum Gasteiger partial charge on any atom is -0.423 e. The molecule has 0 aliphatic carbocycles. The molecule has 0 atom stereocenters. The molecule has 0 saturated carbocycles. The third-order valence-corrected chi connectivity index (χ3v) is 2.78. The molecular formula is C14H11ClN2O2S. The van der Waals surface area contributed by atoms with Crippen molar-refractivity contribution in [3.63, 3.8) is 0 Å². The van der Waals surface area contributed by atoms with Gasteiger partial charge in [0.1, 0.15) is 5.75 Å². The predicted molar refractivity (Wildman–Crippen MR) is 83.3 cm³/mol. The largest absolute Gasteiger partial charge is 0.423 e. The van der Waals surface area contributed by atoms with Crippen molar-refractivity contribution in [1.29, 1.82) is 0 Å². The van der Waals surface area contributed by atoms with E-state index in [-0.39, 0.29) is 5.11 Å². The maximum atomic E-state index is 12.1. The fourth-order valence-corrected chi connectivity index (χ4v) is 1.80. The molecule has 102 valence electrons. The Kier molecular flexibility index (Phi) is 4.55. The minimum absolute atomic E-state index is 0.0803. The lowest BCUT2D eigenvalue weighted by Crippen LogP contribution is -2.21. The Labute approximate surface area is 126 Å². The number of carbonyl (C=O) groups is 1. The number of thiocarbonyl (C=S) groups is 1. The van der Waals surface area contributed by atoms with Crippen LogP contribution in [0.25, 0.3) is 0 Å². The van der Waals surface area contributed by atoms with Crippen molar-refractivity contribution in [2.45, 2.75) is 0 Å². The lowest BCUT2D eigenvalue weighted by Gasteiger charge is -2.10. The zero-order chi connectivity index (χ0) is 14.5. The molecule has 20 heavy (non-hydrogen) atoms. The highest BCUT2D eigenvalue weighted by atomic mass is 35.5. The van der Waals surface area contributed by atoms with Crippen LogP contribution in [0.2, 0.25) is 5.02 Å². The highest BCUT2D eigenvalue weighted by molar-refractivity contribution is 7.80. The van der Waals surface area contributed by atoms with Crippen molar-refractivity contribution in [3.05, 3.63) is 59.1 Å². The highest BCUT2D eigenvalue weighted by Crippen LogP contribution is 2.20. The van der Waals surface area contributed by atoms with Crippen LogP contribution in [-0.4, -0.2) is 11.1 Å². The van der Waals surface area contributed by atoms with E-state index in [1.54, 1.807) is 48.5 Å². The summed E-state index contributed by atoms with van der Waals surface area (Å²) in [4.78, 5) is 12.1. The van der Waals surface area contributed by atoms with E-state index in [1.165, 1.54) is 0 Å². The first kappa shape index (κ1) is 14.3. The van der Waals surface area contributed by atoms with Gasteiger partial charge in [0.05, 0.1) is 11.3 Å². The monoisotopic (exact) mass is 306 g/mol. The Bertz CT molecular complexity index is 644. The number of rotatable bonds is 3. The van der Waals surface area contributed by atoms with E-state index in [4.69, 9.17) is 34.3 Å². The second kappa shape index (κ2) is 6.36. The first-order chi connectivity index (χ1) is 9.56. The van der Waals surface area contributed by atoms with E-state index in [9.17, 15) is 4.79 Å². The molecule has 2 rings (SSSR count). The van der Waals surface area contributed by atoms with Crippen molar-refractivity contribution in [2.75, 3.05) is 5.32 Å². The molecule has 2 aromatic carbocycles. The van der Waals surface area contributed by atoms with Gasteiger partial charge in [-0.1, -0.05) is 23.7 Å². The molecule has 6 heteroatoms. The molecule has 0 spiro atoms. The first-order valence-electron chi connectivity index (χ1n) is 5.69. The summed E-state index contributed by atoms with van der Waals surface area (Å²) in [6.07, 6.45) is 0. The third-order valence-electron chi connectivity index (χ3n) is 2.43. The summed E-state index contributed by atoms with van der Waals surface area (Å²) in [5.74, 6) is -0.101. The molecule has 0 aliphatic heterocycles. The van der Waals surface area contributed by atoms with Gasteiger partial charge in [-0.3, -0.25) is 0 Å². The summed E-state index contributed by atoms with van der Waals surface area (Å²) in [7, 11) is 0. The molecule has 0 bridgehead atoms. The molecule has 4 nitrogen and oxygen atoms in total. The molecule has 0 saturated heterocycles. The highest BCUT2D eigenvalue weighted by Gasteiger charge is 2.13. The summed E-state index contributed by atoms with van der Waals surface area (Å²) in [6, 6.07) is 13.3. The van der Waals surface area contributed by atoms with Crippen molar-refractivity contribution in [3.8, 4) is 5.75 Å². The molecule has 0 fully saturated rings. The van der Waals surface area contributed by atoms with Crippen LogP contribution in [0.5, 0.6) is 5.75 Å². The van der Waals surface area contributed by atoms with Crippen LogP contribution < -0.4 is 15.8 Å². The van der Waals surface area contributed by atoms with E-state index < -0.39 is 5.97 Å². The lowest BCUT2D eigenvalue weighted by atomic mass is 10.2. The number of para-hydroxylation sites is 1. The zero-order valence-electron chi connectivity index (χ0n) is 10.3. The summed E-state index contributed by atoms with van der Waals surface area (Å²) in [6.45, 7) is 0. The quantitative estimate of drug-likeness (QED) is 0.518. The number of ether oxygens (including phenoxy) is 1. The van der Waals surface area contributed by atoms with Crippen molar-refractivity contribution < 1.29 is 9.53 Å². The van der Waals surface area contributed by atoms with Crippen LogP contribution >= 0.6 is 23.8 Å². The van der Waals surface area contributed by atoms with Crippen LogP contribution in [-0.2, 0) is 0 Å².